The predicted octanol–water partition coefficient (Wildman–Crippen LogP) is 3.12. The normalized spacial score (nSPS) is 11.7. The number of halogens is 2. The van der Waals surface area contributed by atoms with E-state index in [1.54, 1.807) is 24.3 Å². The molecule has 1 aromatic heterocycles. The first kappa shape index (κ1) is 11.6. The zero-order valence-corrected chi connectivity index (χ0v) is 9.28. The van der Waals surface area contributed by atoms with Crippen LogP contribution in [0.15, 0.2) is 35.0 Å². The fourth-order valence-electron chi connectivity index (χ4n) is 1.72. The van der Waals surface area contributed by atoms with Gasteiger partial charge in [-0.2, -0.15) is 0 Å². The van der Waals surface area contributed by atoms with Crippen LogP contribution in [0, 0.1) is 0 Å². The third kappa shape index (κ3) is 2.61. The lowest BCUT2D eigenvalue weighted by molar-refractivity contribution is 0.0227. The van der Waals surface area contributed by atoms with Gasteiger partial charge in [0.1, 0.15) is 0 Å². The molecule has 0 amide bonds. The van der Waals surface area contributed by atoms with Gasteiger partial charge in [0.25, 0.3) is 0 Å². The molecule has 2 rings (SSSR count). The highest BCUT2D eigenvalue weighted by Gasteiger charge is 2.24. The molecule has 0 fully saturated rings. The molecular weight excluding hydrogens is 226 g/mol. The first-order chi connectivity index (χ1) is 7.97. The van der Waals surface area contributed by atoms with E-state index in [1.165, 1.54) is 6.20 Å². The highest BCUT2D eigenvalue weighted by molar-refractivity contribution is 5.74. The number of hydrogen-bond acceptors (Lipinski definition) is 3. The van der Waals surface area contributed by atoms with Gasteiger partial charge in [0.05, 0.1) is 11.8 Å². The van der Waals surface area contributed by atoms with E-state index in [2.05, 4.69) is 5.16 Å². The van der Waals surface area contributed by atoms with Crippen LogP contribution >= 0.6 is 0 Å². The Labute approximate surface area is 97.2 Å². The zero-order valence-electron chi connectivity index (χ0n) is 9.28. The molecule has 0 aliphatic rings. The molecule has 5 heteroatoms. The van der Waals surface area contributed by atoms with E-state index in [0.717, 1.165) is 6.92 Å². The quantitative estimate of drug-likeness (QED) is 0.893. The topological polar surface area (TPSA) is 52.0 Å². The molecule has 0 saturated carbocycles. The summed E-state index contributed by atoms with van der Waals surface area (Å²) in [7, 11) is 0. The molecule has 2 aromatic rings. The molecule has 0 aliphatic heterocycles. The molecule has 1 aromatic carbocycles. The first-order valence-corrected chi connectivity index (χ1v) is 5.13. The molecule has 3 nitrogen and oxygen atoms in total. The fourth-order valence-corrected chi connectivity index (χ4v) is 1.72. The van der Waals surface area contributed by atoms with Crippen molar-refractivity contribution in [2.24, 2.45) is 0 Å². The molecule has 2 N–H and O–H groups in total. The average molecular weight is 238 g/mol. The third-order valence-corrected chi connectivity index (χ3v) is 2.41. The number of nitrogens with two attached hydrogens (primary N) is 1. The number of nitrogens with zero attached hydrogens (tertiary/aromatic N) is 1. The molecule has 17 heavy (non-hydrogen) atoms. The summed E-state index contributed by atoms with van der Waals surface area (Å²) in [6, 6.07) is 6.86. The maximum atomic E-state index is 13.1. The average Bonchev–Trinajstić information content (AvgIpc) is 2.63. The summed E-state index contributed by atoms with van der Waals surface area (Å²) in [5, 5.41) is 3.55. The smallest absolute Gasteiger partial charge is 0.249 e. The number of aromatic nitrogens is 1. The summed E-state index contributed by atoms with van der Waals surface area (Å²) in [6.07, 6.45) is 1.09. The molecule has 0 atom stereocenters. The monoisotopic (exact) mass is 238 g/mol. The second-order valence-electron chi connectivity index (χ2n) is 4.01. The van der Waals surface area contributed by atoms with Crippen molar-refractivity contribution in [1.82, 2.24) is 5.16 Å². The number of rotatable bonds is 3. The van der Waals surface area contributed by atoms with Crippen LogP contribution in [-0.4, -0.2) is 11.1 Å². The lowest BCUT2D eigenvalue weighted by Crippen LogP contribution is -2.14. The van der Waals surface area contributed by atoms with E-state index in [4.69, 9.17) is 10.3 Å². The Bertz CT molecular complexity index is 517. The second kappa shape index (κ2) is 4.16. The number of benzene rings is 1. The summed E-state index contributed by atoms with van der Waals surface area (Å²) in [6.45, 7) is 0.890. The molecular formula is C12H12F2N2O. The van der Waals surface area contributed by atoms with Gasteiger partial charge in [-0.25, -0.2) is 8.78 Å². The number of hydrogen-bond donors (Lipinski definition) is 1. The van der Waals surface area contributed by atoms with Crippen LogP contribution < -0.4 is 5.73 Å². The second-order valence-corrected chi connectivity index (χ2v) is 4.01. The molecule has 0 spiro atoms. The minimum atomic E-state index is -2.76. The van der Waals surface area contributed by atoms with Gasteiger partial charge < -0.3 is 10.3 Å². The Morgan fingerprint density at radius 1 is 1.29 bits per heavy atom. The van der Waals surface area contributed by atoms with Gasteiger partial charge in [0.2, 0.25) is 11.8 Å². The van der Waals surface area contributed by atoms with Crippen molar-refractivity contribution >= 4 is 5.88 Å². The van der Waals surface area contributed by atoms with Crippen LogP contribution in [0.3, 0.4) is 0 Å². The van der Waals surface area contributed by atoms with Crippen LogP contribution in [0.5, 0.6) is 0 Å². The zero-order chi connectivity index (χ0) is 12.5. The van der Waals surface area contributed by atoms with Crippen LogP contribution in [0.4, 0.5) is 14.7 Å². The highest BCUT2D eigenvalue weighted by atomic mass is 19.3. The lowest BCUT2D eigenvalue weighted by atomic mass is 9.97. The standard InChI is InChI=1S/C12H12F2N2O/c1-12(13,14)6-8-4-2-3-5-9(8)10-7-16-17-11(10)15/h2-5,7H,6,15H2,1H3. The number of alkyl halides is 2. The van der Waals surface area contributed by atoms with Gasteiger partial charge in [-0.3, -0.25) is 0 Å². The van der Waals surface area contributed by atoms with Crippen molar-refractivity contribution in [2.45, 2.75) is 19.3 Å². The minimum absolute atomic E-state index is 0.136. The van der Waals surface area contributed by atoms with Crippen LogP contribution in [0.2, 0.25) is 0 Å². The van der Waals surface area contributed by atoms with E-state index in [-0.39, 0.29) is 12.3 Å². The van der Waals surface area contributed by atoms with Gasteiger partial charge in [-0.05, 0) is 18.1 Å². The van der Waals surface area contributed by atoms with Crippen LogP contribution in [0.1, 0.15) is 12.5 Å². The van der Waals surface area contributed by atoms with Crippen molar-refractivity contribution in [1.29, 1.82) is 0 Å². The maximum Gasteiger partial charge on any atom is 0.249 e. The molecule has 0 aliphatic carbocycles. The predicted molar refractivity (Wildman–Crippen MR) is 60.7 cm³/mol. The fraction of sp³-hybridized carbons (Fsp3) is 0.250. The molecule has 0 radical (unpaired) electrons. The lowest BCUT2D eigenvalue weighted by Gasteiger charge is -2.13. The molecule has 90 valence electrons. The maximum absolute atomic E-state index is 13.1. The van der Waals surface area contributed by atoms with Crippen molar-refractivity contribution in [3.05, 3.63) is 36.0 Å². The van der Waals surface area contributed by atoms with E-state index in [0.29, 0.717) is 16.7 Å². The summed E-state index contributed by atoms with van der Waals surface area (Å²) in [5.41, 5.74) is 7.29. The first-order valence-electron chi connectivity index (χ1n) is 5.13. The Morgan fingerprint density at radius 2 is 2.00 bits per heavy atom. The van der Waals surface area contributed by atoms with Gasteiger partial charge in [0, 0.05) is 6.42 Å². The number of nitrogen functional groups attached to an aromatic ring is 1. The summed E-state index contributed by atoms with van der Waals surface area (Å²) in [5.74, 6) is -2.63. The summed E-state index contributed by atoms with van der Waals surface area (Å²) < 4.78 is 30.9. The summed E-state index contributed by atoms with van der Waals surface area (Å²) >= 11 is 0. The summed E-state index contributed by atoms with van der Waals surface area (Å²) in [4.78, 5) is 0. The Balaban J connectivity index is 2.45. The molecule has 1 heterocycles. The van der Waals surface area contributed by atoms with Crippen molar-refractivity contribution < 1.29 is 13.3 Å². The van der Waals surface area contributed by atoms with Gasteiger partial charge >= 0.3 is 0 Å². The van der Waals surface area contributed by atoms with E-state index in [1.807, 2.05) is 0 Å². The molecule has 0 saturated heterocycles. The van der Waals surface area contributed by atoms with E-state index >= 15 is 0 Å². The van der Waals surface area contributed by atoms with Crippen molar-refractivity contribution in [3.63, 3.8) is 0 Å². The van der Waals surface area contributed by atoms with Crippen LogP contribution in [0.25, 0.3) is 11.1 Å². The van der Waals surface area contributed by atoms with Crippen LogP contribution in [-0.2, 0) is 6.42 Å². The molecule has 0 unspecified atom stereocenters. The largest absolute Gasteiger partial charge is 0.367 e. The molecule has 0 bridgehead atoms. The third-order valence-electron chi connectivity index (χ3n) is 2.41. The SMILES string of the molecule is CC(F)(F)Cc1ccccc1-c1cnoc1N. The van der Waals surface area contributed by atoms with Crippen molar-refractivity contribution in [3.8, 4) is 11.1 Å². The Hall–Kier alpha value is -1.91. The highest BCUT2D eigenvalue weighted by Crippen LogP contribution is 2.31. The Kier molecular flexibility index (Phi) is 2.83. The Morgan fingerprint density at radius 3 is 2.59 bits per heavy atom. The van der Waals surface area contributed by atoms with E-state index < -0.39 is 5.92 Å². The van der Waals surface area contributed by atoms with Gasteiger partial charge in [-0.15, -0.1) is 0 Å². The van der Waals surface area contributed by atoms with Gasteiger partial charge in [-0.1, -0.05) is 29.4 Å². The van der Waals surface area contributed by atoms with E-state index in [9.17, 15) is 8.78 Å². The minimum Gasteiger partial charge on any atom is -0.367 e. The van der Waals surface area contributed by atoms with Crippen molar-refractivity contribution in [2.75, 3.05) is 5.73 Å². The number of anilines is 1. The van der Waals surface area contributed by atoms with Gasteiger partial charge in [0.15, 0.2) is 0 Å².